The first-order valence-electron chi connectivity index (χ1n) is 7.87. The summed E-state index contributed by atoms with van der Waals surface area (Å²) >= 11 is 0. The van der Waals surface area contributed by atoms with E-state index in [2.05, 4.69) is 5.32 Å². The molecule has 2 aliphatic carbocycles. The Morgan fingerprint density at radius 2 is 2.00 bits per heavy atom. The maximum atomic E-state index is 13.5. The first-order valence-corrected chi connectivity index (χ1v) is 7.87. The van der Waals surface area contributed by atoms with Crippen molar-refractivity contribution in [3.8, 4) is 0 Å². The monoisotopic (exact) mass is 291 g/mol. The topological polar surface area (TPSA) is 49.3 Å². The van der Waals surface area contributed by atoms with E-state index in [1.807, 2.05) is 6.07 Å². The lowest BCUT2D eigenvalue weighted by Crippen LogP contribution is -2.55. The zero-order chi connectivity index (χ0) is 14.9. The number of nitrogens with one attached hydrogen (secondary N) is 1. The lowest BCUT2D eigenvalue weighted by atomic mass is 9.63. The molecule has 0 aliphatic heterocycles. The highest BCUT2D eigenvalue weighted by Crippen LogP contribution is 2.44. The highest BCUT2D eigenvalue weighted by molar-refractivity contribution is 5.89. The van der Waals surface area contributed by atoms with E-state index in [9.17, 15) is 14.3 Å². The maximum Gasteiger partial charge on any atom is 0.230 e. The van der Waals surface area contributed by atoms with E-state index in [-0.39, 0.29) is 17.8 Å². The number of benzene rings is 1. The highest BCUT2D eigenvalue weighted by Gasteiger charge is 2.46. The number of hydrogen-bond donors (Lipinski definition) is 2. The van der Waals surface area contributed by atoms with Gasteiger partial charge in [-0.05, 0) is 43.4 Å². The fourth-order valence-corrected chi connectivity index (χ4v) is 3.55. The second-order valence-corrected chi connectivity index (χ2v) is 6.38. The molecule has 2 saturated carbocycles. The summed E-state index contributed by atoms with van der Waals surface area (Å²) in [5.74, 6) is -0.352. The van der Waals surface area contributed by atoms with Crippen LogP contribution in [0.4, 0.5) is 4.39 Å². The first kappa shape index (κ1) is 14.5. The lowest BCUT2D eigenvalue weighted by molar-refractivity contribution is -0.132. The zero-order valence-corrected chi connectivity index (χ0v) is 12.1. The second kappa shape index (κ2) is 5.76. The molecule has 0 bridgehead atoms. The van der Waals surface area contributed by atoms with Crippen LogP contribution in [0.1, 0.15) is 50.5 Å². The van der Waals surface area contributed by atoms with Crippen LogP contribution in [-0.2, 0) is 10.2 Å². The van der Waals surface area contributed by atoms with Gasteiger partial charge in [-0.3, -0.25) is 4.79 Å². The third-order valence-corrected chi connectivity index (χ3v) is 5.06. The Hall–Kier alpha value is -1.42. The Labute approximate surface area is 124 Å². The molecule has 3 rings (SSSR count). The molecule has 0 radical (unpaired) electrons. The Balaban J connectivity index is 1.77. The molecule has 3 nitrogen and oxygen atoms in total. The molecule has 1 aromatic rings. The van der Waals surface area contributed by atoms with E-state index in [1.54, 1.807) is 6.07 Å². The van der Waals surface area contributed by atoms with Crippen molar-refractivity contribution in [2.75, 3.05) is 0 Å². The molecule has 0 heterocycles. The number of amides is 1. The summed E-state index contributed by atoms with van der Waals surface area (Å²) in [5, 5.41) is 13.0. The van der Waals surface area contributed by atoms with E-state index in [4.69, 9.17) is 0 Å². The van der Waals surface area contributed by atoms with Crippen LogP contribution in [0.25, 0.3) is 0 Å². The van der Waals surface area contributed by atoms with Crippen molar-refractivity contribution in [3.05, 3.63) is 35.6 Å². The Morgan fingerprint density at radius 3 is 2.62 bits per heavy atom. The van der Waals surface area contributed by atoms with Gasteiger partial charge in [0.25, 0.3) is 0 Å². The average Bonchev–Trinajstić information content (AvgIpc) is 2.40. The number of hydrogen-bond acceptors (Lipinski definition) is 2. The summed E-state index contributed by atoms with van der Waals surface area (Å²) in [6.07, 6.45) is 5.67. The largest absolute Gasteiger partial charge is 0.391 e. The van der Waals surface area contributed by atoms with Crippen molar-refractivity contribution >= 4 is 5.91 Å². The van der Waals surface area contributed by atoms with Gasteiger partial charge in [0.2, 0.25) is 5.91 Å². The third-order valence-electron chi connectivity index (χ3n) is 5.06. The number of aliphatic hydroxyl groups excluding tert-OH is 1. The summed E-state index contributed by atoms with van der Waals surface area (Å²) in [4.78, 5) is 12.7. The highest BCUT2D eigenvalue weighted by atomic mass is 19.1. The van der Waals surface area contributed by atoms with Gasteiger partial charge >= 0.3 is 0 Å². The molecule has 2 fully saturated rings. The molecule has 2 N–H and O–H groups in total. The van der Waals surface area contributed by atoms with Gasteiger partial charge < -0.3 is 10.4 Å². The molecule has 0 aromatic heterocycles. The summed E-state index contributed by atoms with van der Waals surface area (Å²) in [6, 6.07) is 6.21. The molecule has 2 unspecified atom stereocenters. The van der Waals surface area contributed by atoms with Gasteiger partial charge in [-0.1, -0.05) is 31.4 Å². The van der Waals surface area contributed by atoms with Crippen LogP contribution in [0.3, 0.4) is 0 Å². The Bertz CT molecular complexity index is 527. The second-order valence-electron chi connectivity index (χ2n) is 6.38. The minimum Gasteiger partial charge on any atom is -0.391 e. The summed E-state index contributed by atoms with van der Waals surface area (Å²) < 4.78 is 13.5. The average molecular weight is 291 g/mol. The van der Waals surface area contributed by atoms with Crippen LogP contribution < -0.4 is 5.32 Å². The van der Waals surface area contributed by atoms with Crippen LogP contribution in [0.15, 0.2) is 24.3 Å². The molecule has 4 heteroatoms. The SMILES string of the molecule is O=C(NC1CCCCC1O)C1(c2cccc(F)c2)CCC1. The van der Waals surface area contributed by atoms with Crippen molar-refractivity contribution in [3.63, 3.8) is 0 Å². The molecule has 21 heavy (non-hydrogen) atoms. The summed E-state index contributed by atoms with van der Waals surface area (Å²) in [7, 11) is 0. The van der Waals surface area contributed by atoms with Crippen molar-refractivity contribution in [1.82, 2.24) is 5.32 Å². The van der Waals surface area contributed by atoms with E-state index in [0.717, 1.165) is 50.5 Å². The van der Waals surface area contributed by atoms with Gasteiger partial charge in [0.15, 0.2) is 0 Å². The van der Waals surface area contributed by atoms with Gasteiger partial charge in [-0.15, -0.1) is 0 Å². The van der Waals surface area contributed by atoms with Gasteiger partial charge in [-0.25, -0.2) is 4.39 Å². The number of carbonyl (C=O) groups is 1. The molecule has 2 aliphatic rings. The van der Waals surface area contributed by atoms with E-state index in [0.29, 0.717) is 0 Å². The summed E-state index contributed by atoms with van der Waals surface area (Å²) in [6.45, 7) is 0. The van der Waals surface area contributed by atoms with Gasteiger partial charge in [0, 0.05) is 0 Å². The van der Waals surface area contributed by atoms with Gasteiger partial charge in [0.1, 0.15) is 5.82 Å². The van der Waals surface area contributed by atoms with Crippen molar-refractivity contribution in [1.29, 1.82) is 0 Å². The quantitative estimate of drug-likeness (QED) is 0.899. The third kappa shape index (κ3) is 2.69. The molecule has 1 aromatic carbocycles. The first-order chi connectivity index (χ1) is 10.1. The predicted molar refractivity (Wildman–Crippen MR) is 78.3 cm³/mol. The molecule has 0 saturated heterocycles. The van der Waals surface area contributed by atoms with Gasteiger partial charge in [0.05, 0.1) is 17.6 Å². The van der Waals surface area contributed by atoms with Crippen LogP contribution in [0.2, 0.25) is 0 Å². The number of aliphatic hydroxyl groups is 1. The molecular weight excluding hydrogens is 269 g/mol. The Morgan fingerprint density at radius 1 is 1.24 bits per heavy atom. The molecule has 114 valence electrons. The predicted octanol–water partition coefficient (Wildman–Crippen LogP) is 2.67. The maximum absolute atomic E-state index is 13.5. The smallest absolute Gasteiger partial charge is 0.230 e. The number of carbonyl (C=O) groups excluding carboxylic acids is 1. The minimum absolute atomic E-state index is 0.0506. The van der Waals surface area contributed by atoms with Crippen LogP contribution in [-0.4, -0.2) is 23.2 Å². The summed E-state index contributed by atoms with van der Waals surface area (Å²) in [5.41, 5.74) is 0.163. The van der Waals surface area contributed by atoms with Crippen molar-refractivity contribution in [2.45, 2.75) is 62.5 Å². The van der Waals surface area contributed by atoms with Crippen molar-refractivity contribution in [2.24, 2.45) is 0 Å². The van der Waals surface area contributed by atoms with E-state index >= 15 is 0 Å². The van der Waals surface area contributed by atoms with E-state index < -0.39 is 11.5 Å². The van der Waals surface area contributed by atoms with Crippen LogP contribution in [0.5, 0.6) is 0 Å². The lowest BCUT2D eigenvalue weighted by Gasteiger charge is -2.42. The van der Waals surface area contributed by atoms with Gasteiger partial charge in [-0.2, -0.15) is 0 Å². The van der Waals surface area contributed by atoms with E-state index in [1.165, 1.54) is 12.1 Å². The molecular formula is C17H22FNO2. The molecule has 0 spiro atoms. The molecule has 1 amide bonds. The normalized spacial score (nSPS) is 27.7. The van der Waals surface area contributed by atoms with Crippen LogP contribution >= 0.6 is 0 Å². The van der Waals surface area contributed by atoms with Crippen molar-refractivity contribution < 1.29 is 14.3 Å². The fourth-order valence-electron chi connectivity index (χ4n) is 3.55. The molecule has 2 atom stereocenters. The number of rotatable bonds is 3. The number of halogens is 1. The fraction of sp³-hybridized carbons (Fsp3) is 0.588. The Kier molecular flexibility index (Phi) is 3.98. The van der Waals surface area contributed by atoms with Crippen LogP contribution in [0, 0.1) is 5.82 Å². The minimum atomic E-state index is -0.598. The standard InChI is InChI=1S/C17H22FNO2/c18-13-6-3-5-12(11-13)17(9-4-10-17)16(21)19-14-7-1-2-8-15(14)20/h3,5-6,11,14-15,20H,1-2,4,7-10H2,(H,19,21). The zero-order valence-electron chi connectivity index (χ0n) is 12.1.